The highest BCUT2D eigenvalue weighted by Crippen LogP contribution is 2.36. The van der Waals surface area contributed by atoms with Crippen molar-refractivity contribution in [1.29, 1.82) is 0 Å². The summed E-state index contributed by atoms with van der Waals surface area (Å²) in [4.78, 5) is 17.1. The number of hydrogen-bond acceptors (Lipinski definition) is 5. The van der Waals surface area contributed by atoms with Crippen molar-refractivity contribution in [3.63, 3.8) is 0 Å². The van der Waals surface area contributed by atoms with Crippen molar-refractivity contribution in [1.82, 2.24) is 4.98 Å². The molecule has 5 nitrogen and oxygen atoms in total. The van der Waals surface area contributed by atoms with Gasteiger partial charge in [0.25, 0.3) is 5.91 Å². The Bertz CT molecular complexity index is 1260. The maximum atomic E-state index is 13.9. The molecule has 0 spiro atoms. The van der Waals surface area contributed by atoms with Crippen molar-refractivity contribution < 1.29 is 13.6 Å². The number of nitrogens with zero attached hydrogens (tertiary/aromatic N) is 2. The first-order valence-electron chi connectivity index (χ1n) is 9.37. The number of carbonyl (C=O) groups is 1. The maximum Gasteiger partial charge on any atom is 0.256 e. The van der Waals surface area contributed by atoms with Crippen LogP contribution in [-0.2, 0) is 0 Å². The van der Waals surface area contributed by atoms with Gasteiger partial charge in [-0.1, -0.05) is 59.3 Å². The molecule has 0 aliphatic rings. The van der Waals surface area contributed by atoms with Crippen LogP contribution in [0.25, 0.3) is 11.3 Å². The van der Waals surface area contributed by atoms with Gasteiger partial charge in [0.1, 0.15) is 22.3 Å². The molecule has 0 radical (unpaired) electrons. The van der Waals surface area contributed by atoms with Gasteiger partial charge in [0.05, 0.1) is 11.2 Å². The summed E-state index contributed by atoms with van der Waals surface area (Å²) >= 11 is 7.16. The minimum Gasteiger partial charge on any atom is -0.312 e. The van der Waals surface area contributed by atoms with Crippen molar-refractivity contribution in [3.8, 4) is 11.3 Å². The summed E-state index contributed by atoms with van der Waals surface area (Å²) in [5.74, 6) is -1.33. The van der Waals surface area contributed by atoms with Gasteiger partial charge < -0.3 is 5.32 Å². The summed E-state index contributed by atoms with van der Waals surface area (Å²) in [7, 11) is 0. The molecular weight excluding hydrogens is 454 g/mol. The molecule has 3 aromatic carbocycles. The van der Waals surface area contributed by atoms with Crippen LogP contribution < -0.4 is 10.7 Å². The number of rotatable bonds is 6. The van der Waals surface area contributed by atoms with Gasteiger partial charge >= 0.3 is 0 Å². The van der Waals surface area contributed by atoms with Gasteiger partial charge in [-0.15, -0.1) is 0 Å². The number of benzene rings is 3. The fraction of sp³-hybridized carbons (Fsp3) is 0. The second-order valence-corrected chi connectivity index (χ2v) is 7.94. The number of carbonyl (C=O) groups excluding carboxylic acids is 1. The van der Waals surface area contributed by atoms with Crippen molar-refractivity contribution in [2.24, 2.45) is 5.10 Å². The second-order valence-electron chi connectivity index (χ2n) is 6.53. The molecule has 1 amide bonds. The topological polar surface area (TPSA) is 66.4 Å². The molecule has 160 valence electrons. The number of hydrogen-bond donors (Lipinski definition) is 2. The van der Waals surface area contributed by atoms with Crippen LogP contribution in [0.15, 0.2) is 77.9 Å². The van der Waals surface area contributed by atoms with Gasteiger partial charge in [0, 0.05) is 16.7 Å². The third-order valence-electron chi connectivity index (χ3n) is 4.36. The lowest BCUT2D eigenvalue weighted by Gasteiger charge is -2.05. The lowest BCUT2D eigenvalue weighted by molar-refractivity contribution is 0.102. The number of nitrogens with one attached hydrogen (secondary N) is 2. The summed E-state index contributed by atoms with van der Waals surface area (Å²) in [6.45, 7) is 0. The first kappa shape index (κ1) is 21.6. The Morgan fingerprint density at radius 1 is 1.00 bits per heavy atom. The van der Waals surface area contributed by atoms with E-state index in [1.54, 1.807) is 6.07 Å². The molecule has 0 atom stereocenters. The lowest BCUT2D eigenvalue weighted by Crippen LogP contribution is -2.11. The molecule has 1 aromatic heterocycles. The Morgan fingerprint density at radius 2 is 1.75 bits per heavy atom. The van der Waals surface area contributed by atoms with Crippen LogP contribution in [0.3, 0.4) is 0 Å². The largest absolute Gasteiger partial charge is 0.312 e. The third kappa shape index (κ3) is 4.99. The lowest BCUT2D eigenvalue weighted by atomic mass is 10.1. The summed E-state index contributed by atoms with van der Waals surface area (Å²) in [6, 6.07) is 18.9. The summed E-state index contributed by atoms with van der Waals surface area (Å²) in [6.07, 6.45) is 1.26. The predicted octanol–water partition coefficient (Wildman–Crippen LogP) is 6.44. The number of amides is 1. The highest BCUT2D eigenvalue weighted by atomic mass is 35.5. The van der Waals surface area contributed by atoms with E-state index in [1.165, 1.54) is 42.6 Å². The number of thiazole rings is 1. The normalized spacial score (nSPS) is 11.0. The average Bonchev–Trinajstić information content (AvgIpc) is 3.19. The molecule has 2 N–H and O–H groups in total. The summed E-state index contributed by atoms with van der Waals surface area (Å²) in [5.41, 5.74) is 4.52. The summed E-state index contributed by atoms with van der Waals surface area (Å²) in [5, 5.41) is 7.92. The van der Waals surface area contributed by atoms with Crippen LogP contribution in [0.2, 0.25) is 5.02 Å². The van der Waals surface area contributed by atoms with E-state index in [4.69, 9.17) is 11.6 Å². The molecule has 4 aromatic rings. The Hall–Kier alpha value is -3.62. The summed E-state index contributed by atoms with van der Waals surface area (Å²) < 4.78 is 27.1. The Labute approximate surface area is 191 Å². The van der Waals surface area contributed by atoms with Crippen LogP contribution in [0.4, 0.5) is 18.9 Å². The zero-order valence-corrected chi connectivity index (χ0v) is 17.9. The van der Waals surface area contributed by atoms with Gasteiger partial charge in [-0.25, -0.2) is 13.8 Å². The Balaban J connectivity index is 1.60. The smallest absolute Gasteiger partial charge is 0.256 e. The highest BCUT2D eigenvalue weighted by molar-refractivity contribution is 7.20. The maximum absolute atomic E-state index is 13.9. The first-order chi connectivity index (χ1) is 15.5. The number of hydrazone groups is 1. The standard InChI is InChI=1S/C23H15ClF2N4OS/c24-18-7-4-8-19(26)17(18)13-27-30-23-28-20(14-5-2-1-3-6-14)22(32-23)29-21(31)15-9-11-16(25)12-10-15/h1-13H,(H,28,30)(H,29,31)/b27-13+. The van der Waals surface area contributed by atoms with Crippen LogP contribution in [0.1, 0.15) is 15.9 Å². The molecule has 0 bridgehead atoms. The van der Waals surface area contributed by atoms with Crippen molar-refractivity contribution in [2.45, 2.75) is 0 Å². The van der Waals surface area contributed by atoms with Crippen LogP contribution in [0, 0.1) is 11.6 Å². The molecule has 9 heteroatoms. The molecule has 0 aliphatic carbocycles. The number of aromatic nitrogens is 1. The fourth-order valence-electron chi connectivity index (χ4n) is 2.81. The van der Waals surface area contributed by atoms with Crippen LogP contribution in [0.5, 0.6) is 0 Å². The molecule has 0 unspecified atom stereocenters. The zero-order chi connectivity index (χ0) is 22.5. The van der Waals surface area contributed by atoms with E-state index in [9.17, 15) is 13.6 Å². The van der Waals surface area contributed by atoms with Gasteiger partial charge in [0.2, 0.25) is 5.13 Å². The van der Waals surface area contributed by atoms with E-state index >= 15 is 0 Å². The zero-order valence-electron chi connectivity index (χ0n) is 16.4. The van der Waals surface area contributed by atoms with E-state index < -0.39 is 17.5 Å². The molecular formula is C23H15ClF2N4OS. The molecule has 0 aliphatic heterocycles. The van der Waals surface area contributed by atoms with E-state index in [1.807, 2.05) is 30.3 Å². The van der Waals surface area contributed by atoms with Gasteiger partial charge in [0.15, 0.2) is 0 Å². The van der Waals surface area contributed by atoms with E-state index in [0.29, 0.717) is 21.4 Å². The number of halogens is 3. The molecule has 1 heterocycles. The molecule has 0 fully saturated rings. The van der Waals surface area contributed by atoms with Gasteiger partial charge in [-0.2, -0.15) is 5.10 Å². The van der Waals surface area contributed by atoms with Crippen LogP contribution in [-0.4, -0.2) is 17.1 Å². The monoisotopic (exact) mass is 468 g/mol. The van der Waals surface area contributed by atoms with Gasteiger partial charge in [-0.3, -0.25) is 10.2 Å². The first-order valence-corrected chi connectivity index (χ1v) is 10.6. The predicted molar refractivity (Wildman–Crippen MR) is 125 cm³/mol. The minimum absolute atomic E-state index is 0.145. The molecule has 0 saturated carbocycles. The SMILES string of the molecule is O=C(Nc1sc(N/N=C/c2c(F)cccc2Cl)nc1-c1ccccc1)c1ccc(F)cc1. The van der Waals surface area contributed by atoms with Crippen molar-refractivity contribution in [3.05, 3.63) is 101 Å². The number of anilines is 2. The van der Waals surface area contributed by atoms with E-state index in [2.05, 4.69) is 20.8 Å². The minimum atomic E-state index is -0.501. The molecule has 32 heavy (non-hydrogen) atoms. The van der Waals surface area contributed by atoms with E-state index in [0.717, 1.165) is 16.9 Å². The second kappa shape index (κ2) is 9.67. The van der Waals surface area contributed by atoms with E-state index in [-0.39, 0.29) is 10.6 Å². The Morgan fingerprint density at radius 3 is 2.47 bits per heavy atom. The van der Waals surface area contributed by atoms with Crippen molar-refractivity contribution >= 4 is 45.2 Å². The third-order valence-corrected chi connectivity index (χ3v) is 5.57. The van der Waals surface area contributed by atoms with Crippen LogP contribution >= 0.6 is 22.9 Å². The molecule has 4 rings (SSSR count). The highest BCUT2D eigenvalue weighted by Gasteiger charge is 2.16. The Kier molecular flexibility index (Phi) is 6.53. The molecule has 0 saturated heterocycles. The fourth-order valence-corrected chi connectivity index (χ4v) is 3.85. The van der Waals surface area contributed by atoms with Crippen molar-refractivity contribution in [2.75, 3.05) is 10.7 Å². The average molecular weight is 469 g/mol. The quantitative estimate of drug-likeness (QED) is 0.253. The van der Waals surface area contributed by atoms with Gasteiger partial charge in [-0.05, 0) is 36.4 Å².